The third kappa shape index (κ3) is 2.68. The SMILES string of the molecule is CC(C)(CO)NC(=O)Cc1noc2ccccc12. The molecular formula is C13H16N2O3. The van der Waals surface area contributed by atoms with Gasteiger partial charge in [-0.05, 0) is 26.0 Å². The molecule has 96 valence electrons. The summed E-state index contributed by atoms with van der Waals surface area (Å²) in [6.07, 6.45) is 0.139. The zero-order valence-corrected chi connectivity index (χ0v) is 10.4. The van der Waals surface area contributed by atoms with Crippen molar-refractivity contribution in [3.63, 3.8) is 0 Å². The Hall–Kier alpha value is -1.88. The summed E-state index contributed by atoms with van der Waals surface area (Å²) in [5.74, 6) is -0.187. The second-order valence-corrected chi connectivity index (χ2v) is 4.89. The van der Waals surface area contributed by atoms with Gasteiger partial charge in [0.05, 0.1) is 18.6 Å². The van der Waals surface area contributed by atoms with Crippen LogP contribution in [0.1, 0.15) is 19.5 Å². The third-order valence-electron chi connectivity index (χ3n) is 2.65. The summed E-state index contributed by atoms with van der Waals surface area (Å²) in [4.78, 5) is 11.8. The van der Waals surface area contributed by atoms with Crippen LogP contribution in [-0.4, -0.2) is 28.3 Å². The molecule has 0 fully saturated rings. The van der Waals surface area contributed by atoms with Crippen LogP contribution in [0.3, 0.4) is 0 Å². The average Bonchev–Trinajstić information content (AvgIpc) is 2.72. The van der Waals surface area contributed by atoms with Gasteiger partial charge in [0.2, 0.25) is 5.91 Å². The van der Waals surface area contributed by atoms with Crippen molar-refractivity contribution >= 4 is 16.9 Å². The van der Waals surface area contributed by atoms with Gasteiger partial charge in [-0.15, -0.1) is 0 Å². The summed E-state index contributed by atoms with van der Waals surface area (Å²) in [7, 11) is 0. The van der Waals surface area contributed by atoms with Gasteiger partial charge >= 0.3 is 0 Å². The molecule has 1 aromatic heterocycles. The predicted octanol–water partition coefficient (Wildman–Crippen LogP) is 1.26. The fourth-order valence-corrected chi connectivity index (χ4v) is 1.68. The number of carbonyl (C=O) groups is 1. The van der Waals surface area contributed by atoms with Crippen LogP contribution in [0.25, 0.3) is 11.0 Å². The Kier molecular flexibility index (Phi) is 3.34. The summed E-state index contributed by atoms with van der Waals surface area (Å²) in [5.41, 5.74) is 0.648. The Balaban J connectivity index is 2.12. The summed E-state index contributed by atoms with van der Waals surface area (Å²) >= 11 is 0. The fourth-order valence-electron chi connectivity index (χ4n) is 1.68. The number of nitrogens with zero attached hydrogens (tertiary/aromatic N) is 1. The van der Waals surface area contributed by atoms with Crippen molar-refractivity contribution in [2.24, 2.45) is 0 Å². The van der Waals surface area contributed by atoms with E-state index in [1.807, 2.05) is 18.2 Å². The normalized spacial score (nSPS) is 11.7. The third-order valence-corrected chi connectivity index (χ3v) is 2.65. The van der Waals surface area contributed by atoms with Crippen LogP contribution in [0.15, 0.2) is 28.8 Å². The van der Waals surface area contributed by atoms with Crippen molar-refractivity contribution in [2.45, 2.75) is 25.8 Å². The molecule has 5 nitrogen and oxygen atoms in total. The Morgan fingerprint density at radius 2 is 2.17 bits per heavy atom. The van der Waals surface area contributed by atoms with Crippen LogP contribution >= 0.6 is 0 Å². The number of nitrogens with one attached hydrogen (secondary N) is 1. The maximum atomic E-state index is 11.8. The molecule has 0 saturated heterocycles. The van der Waals surface area contributed by atoms with E-state index in [-0.39, 0.29) is 18.9 Å². The smallest absolute Gasteiger partial charge is 0.226 e. The number of carbonyl (C=O) groups excluding carboxylic acids is 1. The van der Waals surface area contributed by atoms with Crippen molar-refractivity contribution in [1.29, 1.82) is 0 Å². The second-order valence-electron chi connectivity index (χ2n) is 4.89. The van der Waals surface area contributed by atoms with Gasteiger partial charge in [-0.2, -0.15) is 0 Å². The van der Waals surface area contributed by atoms with E-state index < -0.39 is 5.54 Å². The first kappa shape index (κ1) is 12.6. The van der Waals surface area contributed by atoms with E-state index in [1.165, 1.54) is 0 Å². The predicted molar refractivity (Wildman–Crippen MR) is 67.0 cm³/mol. The molecule has 0 saturated carbocycles. The minimum atomic E-state index is -0.628. The molecule has 1 amide bonds. The summed E-state index contributed by atoms with van der Waals surface area (Å²) in [6.45, 7) is 3.40. The Bertz CT molecular complexity index is 560. The zero-order chi connectivity index (χ0) is 13.2. The highest BCUT2D eigenvalue weighted by atomic mass is 16.5. The van der Waals surface area contributed by atoms with Gasteiger partial charge in [-0.1, -0.05) is 17.3 Å². The fraction of sp³-hybridized carbons (Fsp3) is 0.385. The monoisotopic (exact) mass is 248 g/mol. The van der Waals surface area contributed by atoms with Crippen molar-refractivity contribution in [3.8, 4) is 0 Å². The van der Waals surface area contributed by atoms with Gasteiger partial charge in [-0.3, -0.25) is 4.79 Å². The van der Waals surface area contributed by atoms with E-state index in [1.54, 1.807) is 19.9 Å². The Morgan fingerprint density at radius 1 is 1.44 bits per heavy atom. The molecule has 0 aliphatic carbocycles. The zero-order valence-electron chi connectivity index (χ0n) is 10.4. The van der Waals surface area contributed by atoms with E-state index in [0.29, 0.717) is 11.3 Å². The van der Waals surface area contributed by atoms with E-state index in [9.17, 15) is 4.79 Å². The minimum absolute atomic E-state index is 0.113. The highest BCUT2D eigenvalue weighted by molar-refractivity contribution is 5.86. The summed E-state index contributed by atoms with van der Waals surface area (Å²) in [6, 6.07) is 7.40. The van der Waals surface area contributed by atoms with Gasteiger partial charge in [0, 0.05) is 5.39 Å². The Morgan fingerprint density at radius 3 is 2.89 bits per heavy atom. The van der Waals surface area contributed by atoms with Gasteiger partial charge in [-0.25, -0.2) is 0 Å². The average molecular weight is 248 g/mol. The van der Waals surface area contributed by atoms with Crippen molar-refractivity contribution < 1.29 is 14.4 Å². The number of para-hydroxylation sites is 1. The van der Waals surface area contributed by atoms with E-state index >= 15 is 0 Å². The molecule has 0 radical (unpaired) electrons. The minimum Gasteiger partial charge on any atom is -0.394 e. The van der Waals surface area contributed by atoms with Gasteiger partial charge in [0.15, 0.2) is 5.58 Å². The molecule has 0 aliphatic rings. The first-order valence-electron chi connectivity index (χ1n) is 5.77. The number of rotatable bonds is 4. The number of hydrogen-bond donors (Lipinski definition) is 2. The molecule has 1 aromatic carbocycles. The summed E-state index contributed by atoms with van der Waals surface area (Å²) in [5, 5.41) is 16.6. The van der Waals surface area contributed by atoms with Gasteiger partial charge < -0.3 is 14.9 Å². The molecule has 2 rings (SSSR count). The van der Waals surface area contributed by atoms with Crippen molar-refractivity contribution in [3.05, 3.63) is 30.0 Å². The van der Waals surface area contributed by atoms with Gasteiger partial charge in [0.25, 0.3) is 0 Å². The number of aromatic nitrogens is 1. The van der Waals surface area contributed by atoms with Crippen LogP contribution in [0.4, 0.5) is 0 Å². The van der Waals surface area contributed by atoms with Crippen LogP contribution in [0, 0.1) is 0 Å². The lowest BCUT2D eigenvalue weighted by molar-refractivity contribution is -0.122. The molecule has 0 aliphatic heterocycles. The van der Waals surface area contributed by atoms with E-state index in [2.05, 4.69) is 10.5 Å². The number of amides is 1. The van der Waals surface area contributed by atoms with Crippen LogP contribution in [0.5, 0.6) is 0 Å². The number of aliphatic hydroxyl groups excluding tert-OH is 1. The van der Waals surface area contributed by atoms with Crippen molar-refractivity contribution in [2.75, 3.05) is 6.61 Å². The molecule has 5 heteroatoms. The quantitative estimate of drug-likeness (QED) is 0.854. The molecule has 0 spiro atoms. The summed E-state index contributed by atoms with van der Waals surface area (Å²) < 4.78 is 5.13. The lowest BCUT2D eigenvalue weighted by Gasteiger charge is -2.23. The lowest BCUT2D eigenvalue weighted by atomic mass is 10.1. The van der Waals surface area contributed by atoms with E-state index in [4.69, 9.17) is 9.63 Å². The molecule has 1 heterocycles. The number of benzene rings is 1. The van der Waals surface area contributed by atoms with E-state index in [0.717, 1.165) is 5.39 Å². The molecule has 18 heavy (non-hydrogen) atoms. The first-order chi connectivity index (χ1) is 8.52. The van der Waals surface area contributed by atoms with Crippen molar-refractivity contribution in [1.82, 2.24) is 10.5 Å². The Labute approximate surface area is 105 Å². The number of hydrogen-bond acceptors (Lipinski definition) is 4. The molecular weight excluding hydrogens is 232 g/mol. The molecule has 0 atom stereocenters. The van der Waals surface area contributed by atoms with Gasteiger partial charge in [0.1, 0.15) is 5.69 Å². The highest BCUT2D eigenvalue weighted by Crippen LogP contribution is 2.18. The molecule has 0 unspecified atom stereocenters. The first-order valence-corrected chi connectivity index (χ1v) is 5.77. The van der Waals surface area contributed by atoms with Crippen LogP contribution in [0.2, 0.25) is 0 Å². The topological polar surface area (TPSA) is 75.4 Å². The number of fused-ring (bicyclic) bond motifs is 1. The molecule has 0 bridgehead atoms. The molecule has 2 aromatic rings. The van der Waals surface area contributed by atoms with Crippen LogP contribution in [-0.2, 0) is 11.2 Å². The van der Waals surface area contributed by atoms with Crippen LogP contribution < -0.4 is 5.32 Å². The maximum Gasteiger partial charge on any atom is 0.226 e. The molecule has 2 N–H and O–H groups in total. The highest BCUT2D eigenvalue weighted by Gasteiger charge is 2.20. The largest absolute Gasteiger partial charge is 0.394 e. The lowest BCUT2D eigenvalue weighted by Crippen LogP contribution is -2.46. The number of aliphatic hydroxyl groups is 1. The standard InChI is InChI=1S/C13H16N2O3/c1-13(2,8-16)14-12(17)7-10-9-5-3-4-6-11(9)18-15-10/h3-6,16H,7-8H2,1-2H3,(H,14,17). The second kappa shape index (κ2) is 4.78. The maximum absolute atomic E-state index is 11.8.